The van der Waals surface area contributed by atoms with Crippen LogP contribution in [0.25, 0.3) is 0 Å². The van der Waals surface area contributed by atoms with Crippen LogP contribution >= 0.6 is 0 Å². The Balaban J connectivity index is 2.12. The van der Waals surface area contributed by atoms with Gasteiger partial charge in [0.05, 0.1) is 31.5 Å². The number of hydrogen-bond donors (Lipinski definition) is 1. The monoisotopic (exact) mass is 367 g/mol. The third-order valence-corrected chi connectivity index (χ3v) is 3.89. The van der Waals surface area contributed by atoms with Gasteiger partial charge in [-0.05, 0) is 30.3 Å². The summed E-state index contributed by atoms with van der Waals surface area (Å²) in [4.78, 5) is 25.9. The topological polar surface area (TPSA) is 91.7 Å². The van der Waals surface area contributed by atoms with Gasteiger partial charge in [0.1, 0.15) is 11.5 Å². The highest BCUT2D eigenvalue weighted by Gasteiger charge is 2.18. The predicted octanol–water partition coefficient (Wildman–Crippen LogP) is 2.96. The molecule has 2 amide bonds. The number of carbonyl (C=O) groups is 2. The number of ether oxygens (including phenoxy) is 2. The average molecular weight is 367 g/mol. The number of nitrogens with one attached hydrogen (secondary N) is 1. The second kappa shape index (κ2) is 9.25. The van der Waals surface area contributed by atoms with E-state index < -0.39 is 0 Å². The van der Waals surface area contributed by atoms with E-state index in [1.807, 2.05) is 6.07 Å². The number of nitriles is 1. The molecular formula is C20H21N3O4. The predicted molar refractivity (Wildman–Crippen MR) is 102 cm³/mol. The van der Waals surface area contributed by atoms with Gasteiger partial charge in [0.2, 0.25) is 11.8 Å². The van der Waals surface area contributed by atoms with Crippen molar-refractivity contribution in [2.75, 3.05) is 31.0 Å². The van der Waals surface area contributed by atoms with Crippen molar-refractivity contribution in [1.82, 2.24) is 0 Å². The molecule has 0 saturated carbocycles. The lowest BCUT2D eigenvalue weighted by atomic mass is 10.2. The maximum absolute atomic E-state index is 12.3. The van der Waals surface area contributed by atoms with Crippen molar-refractivity contribution in [3.05, 3.63) is 48.0 Å². The first-order valence-electron chi connectivity index (χ1n) is 8.28. The maximum Gasteiger partial charge on any atom is 0.226 e. The number of methoxy groups -OCH3 is 2. The molecule has 0 radical (unpaired) electrons. The van der Waals surface area contributed by atoms with Crippen molar-refractivity contribution in [3.63, 3.8) is 0 Å². The quantitative estimate of drug-likeness (QED) is 0.812. The van der Waals surface area contributed by atoms with E-state index in [-0.39, 0.29) is 24.8 Å². The van der Waals surface area contributed by atoms with Crippen molar-refractivity contribution in [1.29, 1.82) is 5.26 Å². The minimum absolute atomic E-state index is 0.0801. The molecule has 140 valence electrons. The van der Waals surface area contributed by atoms with Crippen LogP contribution in [0.15, 0.2) is 42.5 Å². The molecule has 0 aliphatic carbocycles. The van der Waals surface area contributed by atoms with Gasteiger partial charge in [-0.3, -0.25) is 9.59 Å². The summed E-state index contributed by atoms with van der Waals surface area (Å²) in [5.74, 6) is 0.599. The molecule has 7 nitrogen and oxygen atoms in total. The van der Waals surface area contributed by atoms with Crippen molar-refractivity contribution < 1.29 is 19.1 Å². The first-order chi connectivity index (χ1) is 13.0. The third-order valence-electron chi connectivity index (χ3n) is 3.89. The van der Waals surface area contributed by atoms with Gasteiger partial charge >= 0.3 is 0 Å². The Morgan fingerprint density at radius 3 is 2.56 bits per heavy atom. The number of hydrogen-bond acceptors (Lipinski definition) is 5. The Labute approximate surface area is 158 Å². The van der Waals surface area contributed by atoms with E-state index in [9.17, 15) is 9.59 Å². The first kappa shape index (κ1) is 19.8. The molecule has 27 heavy (non-hydrogen) atoms. The summed E-state index contributed by atoms with van der Waals surface area (Å²) in [6, 6.07) is 13.8. The summed E-state index contributed by atoms with van der Waals surface area (Å²) in [6.07, 6.45) is 0.0801. The zero-order valence-electron chi connectivity index (χ0n) is 15.5. The molecule has 0 aliphatic rings. The molecule has 2 rings (SSSR count). The molecular weight excluding hydrogens is 346 g/mol. The Hall–Kier alpha value is -3.53. The summed E-state index contributed by atoms with van der Waals surface area (Å²) in [7, 11) is 3.05. The normalized spacial score (nSPS) is 9.85. The van der Waals surface area contributed by atoms with E-state index in [1.165, 1.54) is 26.0 Å². The van der Waals surface area contributed by atoms with E-state index in [0.29, 0.717) is 28.4 Å². The Bertz CT molecular complexity index is 874. The highest BCUT2D eigenvalue weighted by atomic mass is 16.5. The minimum atomic E-state index is -0.266. The molecule has 0 unspecified atom stereocenters. The number of rotatable bonds is 7. The van der Waals surface area contributed by atoms with Gasteiger partial charge in [-0.15, -0.1) is 0 Å². The van der Waals surface area contributed by atoms with E-state index >= 15 is 0 Å². The molecule has 2 aromatic carbocycles. The standard InChI is InChI=1S/C20H21N3O4/c1-14(24)23(18-12-17(26-2)7-8-19(18)27-3)10-9-20(25)22-16-6-4-5-15(11-16)13-21/h4-8,11-12H,9-10H2,1-3H3,(H,22,25). The molecule has 0 fully saturated rings. The maximum atomic E-state index is 12.3. The fraction of sp³-hybridized carbons (Fsp3) is 0.250. The molecule has 0 atom stereocenters. The number of anilines is 2. The molecule has 2 aromatic rings. The molecule has 0 aromatic heterocycles. The largest absolute Gasteiger partial charge is 0.497 e. The van der Waals surface area contributed by atoms with Gasteiger partial charge in [0, 0.05) is 31.6 Å². The second-order valence-corrected chi connectivity index (χ2v) is 5.70. The lowest BCUT2D eigenvalue weighted by molar-refractivity contribution is -0.117. The number of amides is 2. The summed E-state index contributed by atoms with van der Waals surface area (Å²) < 4.78 is 10.5. The number of carbonyl (C=O) groups excluding carboxylic acids is 2. The van der Waals surface area contributed by atoms with Crippen LogP contribution in [0.2, 0.25) is 0 Å². The van der Waals surface area contributed by atoms with Gasteiger partial charge < -0.3 is 19.7 Å². The first-order valence-corrected chi connectivity index (χ1v) is 8.28. The van der Waals surface area contributed by atoms with Gasteiger partial charge in [-0.2, -0.15) is 5.26 Å². The number of nitrogens with zero attached hydrogens (tertiary/aromatic N) is 2. The zero-order valence-corrected chi connectivity index (χ0v) is 15.5. The Morgan fingerprint density at radius 2 is 1.93 bits per heavy atom. The Morgan fingerprint density at radius 1 is 1.15 bits per heavy atom. The molecule has 0 heterocycles. The summed E-state index contributed by atoms with van der Waals surface area (Å²) in [6.45, 7) is 1.59. The van der Waals surface area contributed by atoms with E-state index in [4.69, 9.17) is 14.7 Å². The summed E-state index contributed by atoms with van der Waals surface area (Å²) in [5.41, 5.74) is 1.52. The smallest absolute Gasteiger partial charge is 0.226 e. The third kappa shape index (κ3) is 5.22. The van der Waals surface area contributed by atoms with Gasteiger partial charge in [0.15, 0.2) is 0 Å². The van der Waals surface area contributed by atoms with Crippen LogP contribution < -0.4 is 19.7 Å². The lowest BCUT2D eigenvalue weighted by Gasteiger charge is -2.23. The van der Waals surface area contributed by atoms with Crippen molar-refractivity contribution >= 4 is 23.2 Å². The van der Waals surface area contributed by atoms with Crippen molar-refractivity contribution in [2.24, 2.45) is 0 Å². The average Bonchev–Trinajstić information content (AvgIpc) is 2.67. The fourth-order valence-corrected chi connectivity index (χ4v) is 2.56. The molecule has 1 N–H and O–H groups in total. The summed E-state index contributed by atoms with van der Waals surface area (Å²) in [5, 5.41) is 11.7. The molecule has 0 saturated heterocycles. The fourth-order valence-electron chi connectivity index (χ4n) is 2.56. The van der Waals surface area contributed by atoms with Crippen LogP contribution in [-0.2, 0) is 9.59 Å². The van der Waals surface area contributed by atoms with Crippen LogP contribution in [0.1, 0.15) is 18.9 Å². The molecule has 0 spiro atoms. The molecule has 7 heteroatoms. The molecule has 0 aliphatic heterocycles. The summed E-state index contributed by atoms with van der Waals surface area (Å²) >= 11 is 0. The van der Waals surface area contributed by atoms with E-state index in [2.05, 4.69) is 5.32 Å². The highest BCUT2D eigenvalue weighted by Crippen LogP contribution is 2.32. The van der Waals surface area contributed by atoms with Gasteiger partial charge in [-0.1, -0.05) is 6.07 Å². The van der Waals surface area contributed by atoms with Crippen LogP contribution in [0.4, 0.5) is 11.4 Å². The van der Waals surface area contributed by atoms with Gasteiger partial charge in [-0.25, -0.2) is 0 Å². The van der Waals surface area contributed by atoms with Crippen LogP contribution in [0.3, 0.4) is 0 Å². The highest BCUT2D eigenvalue weighted by molar-refractivity contribution is 5.96. The van der Waals surface area contributed by atoms with Crippen molar-refractivity contribution in [3.8, 4) is 17.6 Å². The Kier molecular flexibility index (Phi) is 6.78. The van der Waals surface area contributed by atoms with Crippen LogP contribution in [0, 0.1) is 11.3 Å². The SMILES string of the molecule is COc1ccc(OC)c(N(CCC(=O)Nc2cccc(C#N)c2)C(C)=O)c1. The number of benzene rings is 2. The second-order valence-electron chi connectivity index (χ2n) is 5.70. The van der Waals surface area contributed by atoms with Crippen LogP contribution in [-0.4, -0.2) is 32.6 Å². The molecule has 0 bridgehead atoms. The lowest BCUT2D eigenvalue weighted by Crippen LogP contribution is -2.32. The van der Waals surface area contributed by atoms with Gasteiger partial charge in [0.25, 0.3) is 0 Å². The zero-order chi connectivity index (χ0) is 19.8. The van der Waals surface area contributed by atoms with E-state index in [0.717, 1.165) is 0 Å². The van der Waals surface area contributed by atoms with E-state index in [1.54, 1.807) is 42.5 Å². The minimum Gasteiger partial charge on any atom is -0.497 e. The van der Waals surface area contributed by atoms with Crippen molar-refractivity contribution in [2.45, 2.75) is 13.3 Å². The van der Waals surface area contributed by atoms with Crippen LogP contribution in [0.5, 0.6) is 11.5 Å².